The van der Waals surface area contributed by atoms with Gasteiger partial charge in [0.2, 0.25) is 0 Å². The molecule has 0 aliphatic heterocycles. The van der Waals surface area contributed by atoms with Crippen LogP contribution in [0.5, 0.6) is 0 Å². The first-order valence-corrected chi connectivity index (χ1v) is 7.68. The van der Waals surface area contributed by atoms with Gasteiger partial charge in [0.1, 0.15) is 0 Å². The molecule has 0 radical (unpaired) electrons. The van der Waals surface area contributed by atoms with E-state index in [1.807, 2.05) is 22.7 Å². The lowest BCUT2D eigenvalue weighted by Crippen LogP contribution is -1.92. The summed E-state index contributed by atoms with van der Waals surface area (Å²) in [5.41, 5.74) is 1.47. The molecule has 1 aromatic carbocycles. The molecule has 0 fully saturated rings. The molecule has 0 saturated heterocycles. The fourth-order valence-corrected chi connectivity index (χ4v) is 4.72. The summed E-state index contributed by atoms with van der Waals surface area (Å²) in [6.07, 6.45) is 1.18. The minimum Gasteiger partial charge on any atom is -0.139 e. The SMILES string of the molecule is Cc1cc2sc3ccc(CC(C)C)cc3c2s1. The summed E-state index contributed by atoms with van der Waals surface area (Å²) in [6, 6.07) is 9.28. The van der Waals surface area contributed by atoms with Gasteiger partial charge in [0.15, 0.2) is 0 Å². The highest BCUT2D eigenvalue weighted by Crippen LogP contribution is 2.39. The van der Waals surface area contributed by atoms with E-state index >= 15 is 0 Å². The minimum atomic E-state index is 0.728. The highest BCUT2D eigenvalue weighted by molar-refractivity contribution is 7.32. The van der Waals surface area contributed by atoms with E-state index in [2.05, 4.69) is 45.0 Å². The predicted molar refractivity (Wildman–Crippen MR) is 80.5 cm³/mol. The number of thiophene rings is 2. The second-order valence-electron chi connectivity index (χ2n) is 5.08. The second-order valence-corrected chi connectivity index (χ2v) is 7.42. The average molecular weight is 260 g/mol. The topological polar surface area (TPSA) is 0 Å². The quantitative estimate of drug-likeness (QED) is 0.560. The third-order valence-electron chi connectivity index (χ3n) is 2.97. The first kappa shape index (κ1) is 11.2. The highest BCUT2D eigenvalue weighted by atomic mass is 32.1. The van der Waals surface area contributed by atoms with E-state index in [4.69, 9.17) is 0 Å². The Bertz CT molecular complexity index is 671. The van der Waals surface area contributed by atoms with Crippen LogP contribution >= 0.6 is 22.7 Å². The van der Waals surface area contributed by atoms with Crippen molar-refractivity contribution in [2.24, 2.45) is 5.92 Å². The Balaban J connectivity index is 2.21. The van der Waals surface area contributed by atoms with Gasteiger partial charge in [0.05, 0.1) is 4.70 Å². The Morgan fingerprint density at radius 3 is 2.65 bits per heavy atom. The first-order chi connectivity index (χ1) is 8.13. The standard InChI is InChI=1S/C15H16S2/c1-9(2)6-11-4-5-13-12(8-11)15-14(17-13)7-10(3)16-15/h4-5,7-9H,6H2,1-3H3. The summed E-state index contributed by atoms with van der Waals surface area (Å²) in [5.74, 6) is 0.728. The molecule has 2 heteroatoms. The van der Waals surface area contributed by atoms with Crippen molar-refractivity contribution >= 4 is 42.2 Å². The van der Waals surface area contributed by atoms with Crippen molar-refractivity contribution in [2.75, 3.05) is 0 Å². The molecule has 0 aliphatic carbocycles. The molecule has 2 aromatic heterocycles. The van der Waals surface area contributed by atoms with E-state index in [-0.39, 0.29) is 0 Å². The normalized spacial score (nSPS) is 12.0. The number of benzene rings is 1. The summed E-state index contributed by atoms with van der Waals surface area (Å²) in [7, 11) is 0. The molecule has 3 aromatic rings. The van der Waals surface area contributed by atoms with Crippen molar-refractivity contribution in [2.45, 2.75) is 27.2 Å². The molecule has 3 rings (SSSR count). The maximum Gasteiger partial charge on any atom is 0.0532 e. The van der Waals surface area contributed by atoms with E-state index in [1.165, 1.54) is 36.3 Å². The van der Waals surface area contributed by atoms with Crippen molar-refractivity contribution in [3.8, 4) is 0 Å². The van der Waals surface area contributed by atoms with E-state index in [1.54, 1.807) is 0 Å². The van der Waals surface area contributed by atoms with Gasteiger partial charge in [-0.25, -0.2) is 0 Å². The monoisotopic (exact) mass is 260 g/mol. The molecule has 0 unspecified atom stereocenters. The Morgan fingerprint density at radius 1 is 1.06 bits per heavy atom. The van der Waals surface area contributed by atoms with E-state index in [9.17, 15) is 0 Å². The van der Waals surface area contributed by atoms with Gasteiger partial charge in [-0.2, -0.15) is 0 Å². The molecule has 0 N–H and O–H groups in total. The fourth-order valence-electron chi connectivity index (χ4n) is 2.31. The molecule has 17 heavy (non-hydrogen) atoms. The summed E-state index contributed by atoms with van der Waals surface area (Å²) < 4.78 is 4.36. The molecule has 0 atom stereocenters. The van der Waals surface area contributed by atoms with Gasteiger partial charge in [0.25, 0.3) is 0 Å². The molecule has 2 heterocycles. The second kappa shape index (κ2) is 4.11. The summed E-state index contributed by atoms with van der Waals surface area (Å²) in [5, 5.41) is 1.46. The fraction of sp³-hybridized carbons (Fsp3) is 0.333. The lowest BCUT2D eigenvalue weighted by atomic mass is 10.0. The van der Waals surface area contributed by atoms with Gasteiger partial charge in [-0.1, -0.05) is 19.9 Å². The third-order valence-corrected chi connectivity index (χ3v) is 5.30. The average Bonchev–Trinajstić information content (AvgIpc) is 2.73. The molecule has 88 valence electrons. The van der Waals surface area contributed by atoms with Gasteiger partial charge in [0, 0.05) is 19.7 Å². The first-order valence-electron chi connectivity index (χ1n) is 6.05. The lowest BCUT2D eigenvalue weighted by Gasteiger charge is -2.04. The van der Waals surface area contributed by atoms with Crippen molar-refractivity contribution in [3.63, 3.8) is 0 Å². The van der Waals surface area contributed by atoms with Crippen LogP contribution in [0, 0.1) is 12.8 Å². The maximum absolute atomic E-state index is 2.39. The van der Waals surface area contributed by atoms with Crippen LogP contribution in [0.2, 0.25) is 0 Å². The Morgan fingerprint density at radius 2 is 1.88 bits per heavy atom. The van der Waals surface area contributed by atoms with Crippen LogP contribution in [-0.2, 0) is 6.42 Å². The van der Waals surface area contributed by atoms with Crippen LogP contribution in [0.15, 0.2) is 24.3 Å². The van der Waals surface area contributed by atoms with Crippen molar-refractivity contribution in [1.82, 2.24) is 0 Å². The molecule has 0 nitrogen and oxygen atoms in total. The van der Waals surface area contributed by atoms with Crippen LogP contribution in [0.3, 0.4) is 0 Å². The van der Waals surface area contributed by atoms with Gasteiger partial charge in [-0.15, -0.1) is 22.7 Å². The van der Waals surface area contributed by atoms with Gasteiger partial charge < -0.3 is 0 Å². The predicted octanol–water partition coefficient (Wildman–Crippen LogP) is 5.62. The molecule has 0 spiro atoms. The molecule has 0 amide bonds. The minimum absolute atomic E-state index is 0.728. The molecular formula is C15H16S2. The van der Waals surface area contributed by atoms with Crippen LogP contribution < -0.4 is 0 Å². The van der Waals surface area contributed by atoms with E-state index in [0.29, 0.717) is 0 Å². The zero-order valence-corrected chi connectivity index (χ0v) is 12.0. The molecule has 0 saturated carbocycles. The smallest absolute Gasteiger partial charge is 0.0532 e. The summed E-state index contributed by atoms with van der Waals surface area (Å²) in [6.45, 7) is 6.76. The van der Waals surface area contributed by atoms with Crippen LogP contribution in [0.4, 0.5) is 0 Å². The summed E-state index contributed by atoms with van der Waals surface area (Å²) in [4.78, 5) is 1.42. The Labute approximate surface area is 110 Å². The Kier molecular flexibility index (Phi) is 2.72. The van der Waals surface area contributed by atoms with Crippen LogP contribution in [-0.4, -0.2) is 0 Å². The van der Waals surface area contributed by atoms with Crippen molar-refractivity contribution in [3.05, 3.63) is 34.7 Å². The highest BCUT2D eigenvalue weighted by Gasteiger charge is 2.09. The van der Waals surface area contributed by atoms with Crippen LogP contribution in [0.1, 0.15) is 24.3 Å². The maximum atomic E-state index is 2.39. The number of hydrogen-bond acceptors (Lipinski definition) is 2. The molecule has 0 aliphatic rings. The van der Waals surface area contributed by atoms with Gasteiger partial charge in [-0.05, 0) is 43.0 Å². The van der Waals surface area contributed by atoms with E-state index < -0.39 is 0 Å². The largest absolute Gasteiger partial charge is 0.139 e. The summed E-state index contributed by atoms with van der Waals surface area (Å²) >= 11 is 3.85. The number of rotatable bonds is 2. The van der Waals surface area contributed by atoms with Crippen molar-refractivity contribution in [1.29, 1.82) is 0 Å². The number of hydrogen-bond donors (Lipinski definition) is 0. The number of aryl methyl sites for hydroxylation is 1. The van der Waals surface area contributed by atoms with E-state index in [0.717, 1.165) is 5.92 Å². The Hall–Kier alpha value is -0.860. The zero-order valence-electron chi connectivity index (χ0n) is 10.4. The van der Waals surface area contributed by atoms with Gasteiger partial charge >= 0.3 is 0 Å². The van der Waals surface area contributed by atoms with Crippen molar-refractivity contribution < 1.29 is 0 Å². The third kappa shape index (κ3) is 2.00. The number of fused-ring (bicyclic) bond motifs is 3. The molecular weight excluding hydrogens is 244 g/mol. The van der Waals surface area contributed by atoms with Crippen LogP contribution in [0.25, 0.3) is 19.5 Å². The molecule has 0 bridgehead atoms. The zero-order chi connectivity index (χ0) is 12.0. The lowest BCUT2D eigenvalue weighted by molar-refractivity contribution is 0.648. The van der Waals surface area contributed by atoms with Gasteiger partial charge in [-0.3, -0.25) is 0 Å².